The first-order chi connectivity index (χ1) is 17.5. The largest absolute Gasteiger partial charge is 0.460 e. The summed E-state index contributed by atoms with van der Waals surface area (Å²) in [5.41, 5.74) is 9.51. The van der Waals surface area contributed by atoms with Gasteiger partial charge in [0, 0.05) is 24.1 Å². The summed E-state index contributed by atoms with van der Waals surface area (Å²) in [6.07, 6.45) is 8.53. The fraction of sp³-hybridized carbons (Fsp3) is 0.645. The Morgan fingerprint density at radius 3 is 2.43 bits per heavy atom. The minimum atomic E-state index is -0.588. The number of carbonyl (C=O) groups is 1. The van der Waals surface area contributed by atoms with Gasteiger partial charge < -0.3 is 15.2 Å². The number of rotatable bonds is 16. The van der Waals surface area contributed by atoms with Gasteiger partial charge in [0.2, 0.25) is 0 Å². The van der Waals surface area contributed by atoms with Crippen LogP contribution < -0.4 is 5.73 Å². The van der Waals surface area contributed by atoms with Gasteiger partial charge in [-0.15, -0.1) is 0 Å². The number of aryl methyl sites for hydroxylation is 1. The molecule has 0 radical (unpaired) electrons. The van der Waals surface area contributed by atoms with Crippen molar-refractivity contribution in [1.82, 2.24) is 4.98 Å². The van der Waals surface area contributed by atoms with Crippen LogP contribution in [0.3, 0.4) is 0 Å². The molecule has 0 atom stereocenters. The Bertz CT molecular complexity index is 1040. The molecule has 6 heteroatoms. The lowest BCUT2D eigenvalue weighted by molar-refractivity contribution is -0.157. The summed E-state index contributed by atoms with van der Waals surface area (Å²) in [7, 11) is 0. The van der Waals surface area contributed by atoms with Crippen LogP contribution in [0.1, 0.15) is 105 Å². The molecule has 6 nitrogen and oxygen atoms in total. The smallest absolute Gasteiger partial charge is 0.306 e. The first-order valence-corrected chi connectivity index (χ1v) is 14.0. The van der Waals surface area contributed by atoms with Crippen molar-refractivity contribution < 1.29 is 14.3 Å². The first-order valence-electron chi connectivity index (χ1n) is 14.0. The number of nitrogens with zero attached hydrogens (tertiary/aromatic N) is 2. The summed E-state index contributed by atoms with van der Waals surface area (Å²) < 4.78 is 11.6. The monoisotopic (exact) mass is 511 g/mol. The number of nitrogen functional groups attached to an aromatic ring is 1. The molecule has 0 saturated heterocycles. The van der Waals surface area contributed by atoms with E-state index in [-0.39, 0.29) is 5.97 Å². The van der Waals surface area contributed by atoms with Gasteiger partial charge in [0.05, 0.1) is 12.1 Å². The minimum absolute atomic E-state index is 0.125. The summed E-state index contributed by atoms with van der Waals surface area (Å²) in [6, 6.07) is 7.94. The number of nitrogens with two attached hydrogens (primary N) is 1. The van der Waals surface area contributed by atoms with E-state index in [0.717, 1.165) is 41.4 Å². The minimum Gasteiger partial charge on any atom is -0.460 e. The Hall–Kier alpha value is -2.47. The molecule has 0 fully saturated rings. The number of hydrogen-bond donors (Lipinski definition) is 1. The molecule has 0 aliphatic heterocycles. The zero-order valence-corrected chi connectivity index (χ0v) is 24.3. The van der Waals surface area contributed by atoms with Gasteiger partial charge in [-0.1, -0.05) is 58.2 Å². The molecule has 2 N–H and O–H groups in total. The molecular weight excluding hydrogens is 462 g/mol. The zero-order chi connectivity index (χ0) is 27.5. The molecule has 0 aliphatic rings. The number of hydrogen-bond acceptors (Lipinski definition) is 6. The van der Waals surface area contributed by atoms with Crippen LogP contribution in [0.2, 0.25) is 0 Å². The second-order valence-electron chi connectivity index (χ2n) is 11.5. The molecule has 0 spiro atoms. The standard InChI is InChI=1S/C31H49N3O3/c1-8-19-30(4,5)20-14-10-11-17-27(35)37-31(6,7)21-18-24(22-36-9-2)33-28-23(3)25-15-12-13-16-26(25)34-29(28)32/h12-13,15-16H,8-11,14,17-22H2,1-7H3,(H2,32,34). The van der Waals surface area contributed by atoms with Gasteiger partial charge in [0.25, 0.3) is 0 Å². The summed E-state index contributed by atoms with van der Waals surface area (Å²) >= 11 is 0. The maximum Gasteiger partial charge on any atom is 0.306 e. The molecule has 0 aliphatic carbocycles. The highest BCUT2D eigenvalue weighted by molar-refractivity contribution is 5.94. The van der Waals surface area contributed by atoms with Gasteiger partial charge in [0.1, 0.15) is 17.1 Å². The second kappa shape index (κ2) is 14.5. The number of ether oxygens (including phenoxy) is 2. The van der Waals surface area contributed by atoms with Crippen LogP contribution in [-0.4, -0.2) is 35.5 Å². The van der Waals surface area contributed by atoms with E-state index >= 15 is 0 Å². The van der Waals surface area contributed by atoms with E-state index in [1.54, 1.807) is 0 Å². The molecule has 1 heterocycles. The molecular formula is C31H49N3O3. The normalized spacial score (nSPS) is 12.8. The Labute approximate surface area is 224 Å². The molecule has 37 heavy (non-hydrogen) atoms. The van der Waals surface area contributed by atoms with E-state index in [0.29, 0.717) is 49.4 Å². The van der Waals surface area contributed by atoms with Crippen molar-refractivity contribution >= 4 is 34.1 Å². The number of pyridine rings is 1. The summed E-state index contributed by atoms with van der Waals surface area (Å²) in [5, 5.41) is 1.04. The van der Waals surface area contributed by atoms with Crippen molar-refractivity contribution in [3.8, 4) is 0 Å². The van der Waals surface area contributed by atoms with Crippen LogP contribution in [0.4, 0.5) is 11.5 Å². The number of unbranched alkanes of at least 4 members (excludes halogenated alkanes) is 2. The molecule has 2 aromatic rings. The maximum atomic E-state index is 12.5. The molecule has 0 amide bonds. The highest BCUT2D eigenvalue weighted by Crippen LogP contribution is 2.32. The summed E-state index contributed by atoms with van der Waals surface area (Å²) in [6.45, 7) is 15.8. The van der Waals surface area contributed by atoms with Crippen molar-refractivity contribution in [3.05, 3.63) is 29.8 Å². The van der Waals surface area contributed by atoms with Gasteiger partial charge in [-0.05, 0) is 76.8 Å². The average Bonchev–Trinajstić information content (AvgIpc) is 2.82. The Morgan fingerprint density at radius 2 is 1.73 bits per heavy atom. The van der Waals surface area contributed by atoms with Crippen molar-refractivity contribution in [2.45, 2.75) is 112 Å². The predicted octanol–water partition coefficient (Wildman–Crippen LogP) is 8.11. The Morgan fingerprint density at radius 1 is 1.00 bits per heavy atom. The molecule has 1 aromatic carbocycles. The zero-order valence-electron chi connectivity index (χ0n) is 24.3. The van der Waals surface area contributed by atoms with Crippen LogP contribution in [0.5, 0.6) is 0 Å². The van der Waals surface area contributed by atoms with E-state index in [4.69, 9.17) is 20.2 Å². The lowest BCUT2D eigenvalue weighted by atomic mass is 9.83. The average molecular weight is 512 g/mol. The lowest BCUT2D eigenvalue weighted by Gasteiger charge is -2.26. The fourth-order valence-electron chi connectivity index (χ4n) is 4.78. The third-order valence-electron chi connectivity index (χ3n) is 6.96. The van der Waals surface area contributed by atoms with Crippen LogP contribution in [0.25, 0.3) is 10.9 Å². The summed E-state index contributed by atoms with van der Waals surface area (Å²) in [5.74, 6) is 0.286. The number of benzene rings is 1. The molecule has 206 valence electrons. The molecule has 1 aromatic heterocycles. The topological polar surface area (TPSA) is 86.8 Å². The number of para-hydroxylation sites is 1. The maximum absolute atomic E-state index is 12.5. The van der Waals surface area contributed by atoms with Gasteiger partial charge in [-0.2, -0.15) is 0 Å². The third kappa shape index (κ3) is 10.4. The molecule has 0 saturated carbocycles. The second-order valence-corrected chi connectivity index (χ2v) is 11.5. The van der Waals surface area contributed by atoms with Gasteiger partial charge >= 0.3 is 5.97 Å². The van der Waals surface area contributed by atoms with Gasteiger partial charge in [0.15, 0.2) is 0 Å². The number of carbonyl (C=O) groups excluding carboxylic acids is 1. The van der Waals surface area contributed by atoms with E-state index in [1.165, 1.54) is 19.3 Å². The van der Waals surface area contributed by atoms with E-state index in [1.807, 2.05) is 52.0 Å². The molecule has 2 rings (SSSR count). The van der Waals surface area contributed by atoms with E-state index in [2.05, 4.69) is 25.8 Å². The number of aliphatic imine (C=N–C) groups is 1. The predicted molar refractivity (Wildman–Crippen MR) is 156 cm³/mol. The van der Waals surface area contributed by atoms with Crippen molar-refractivity contribution in [1.29, 1.82) is 0 Å². The van der Waals surface area contributed by atoms with Gasteiger partial charge in [-0.25, -0.2) is 4.98 Å². The number of aromatic nitrogens is 1. The van der Waals surface area contributed by atoms with Crippen molar-refractivity contribution in [2.24, 2.45) is 10.4 Å². The first kappa shape index (κ1) is 30.8. The third-order valence-corrected chi connectivity index (χ3v) is 6.96. The highest BCUT2D eigenvalue weighted by atomic mass is 16.6. The quantitative estimate of drug-likeness (QED) is 0.140. The number of fused-ring (bicyclic) bond motifs is 1. The van der Waals surface area contributed by atoms with Crippen LogP contribution in [-0.2, 0) is 14.3 Å². The molecule has 0 unspecified atom stereocenters. The SMILES string of the molecule is CCCC(C)(C)CCCCCC(=O)OC(C)(C)CCC(COCC)=Nc1c(N)nc2ccccc2c1C. The van der Waals surface area contributed by atoms with Crippen LogP contribution in [0.15, 0.2) is 29.3 Å². The highest BCUT2D eigenvalue weighted by Gasteiger charge is 2.24. The number of esters is 1. The summed E-state index contributed by atoms with van der Waals surface area (Å²) in [4.78, 5) is 22.0. The van der Waals surface area contributed by atoms with Gasteiger partial charge in [-0.3, -0.25) is 9.79 Å². The fourth-order valence-corrected chi connectivity index (χ4v) is 4.78. The Balaban J connectivity index is 1.96. The molecule has 0 bridgehead atoms. The lowest BCUT2D eigenvalue weighted by Crippen LogP contribution is -2.29. The van der Waals surface area contributed by atoms with E-state index in [9.17, 15) is 4.79 Å². The van der Waals surface area contributed by atoms with Crippen molar-refractivity contribution in [2.75, 3.05) is 18.9 Å². The van der Waals surface area contributed by atoms with Crippen LogP contribution >= 0.6 is 0 Å². The van der Waals surface area contributed by atoms with Crippen LogP contribution in [0, 0.1) is 12.3 Å². The van der Waals surface area contributed by atoms with E-state index < -0.39 is 5.60 Å². The Kier molecular flexibility index (Phi) is 12.0. The van der Waals surface area contributed by atoms with Crippen molar-refractivity contribution in [3.63, 3.8) is 0 Å². The number of anilines is 1.